The topological polar surface area (TPSA) is 64.6 Å². The molecule has 0 heterocycles. The zero-order valence-corrected chi connectivity index (χ0v) is 14.6. The number of methoxy groups -OCH3 is 2. The summed E-state index contributed by atoms with van der Waals surface area (Å²) >= 11 is 0. The van der Waals surface area contributed by atoms with Crippen LogP contribution in [-0.2, 0) is 16.4 Å². The van der Waals surface area contributed by atoms with Gasteiger partial charge in [-0.15, -0.1) is 0 Å². The van der Waals surface area contributed by atoms with Crippen molar-refractivity contribution >= 4 is 10.0 Å². The fourth-order valence-corrected chi connectivity index (χ4v) is 3.70. The molecule has 0 spiro atoms. The van der Waals surface area contributed by atoms with Gasteiger partial charge in [-0.2, -0.15) is 0 Å². The number of sulfonamides is 1. The van der Waals surface area contributed by atoms with Crippen LogP contribution in [0.3, 0.4) is 0 Å². The molecule has 0 aliphatic carbocycles. The minimum absolute atomic E-state index is 0.0555. The van der Waals surface area contributed by atoms with Crippen LogP contribution in [0.2, 0.25) is 0 Å². The Morgan fingerprint density at radius 2 is 1.88 bits per heavy atom. The van der Waals surface area contributed by atoms with Crippen molar-refractivity contribution in [2.24, 2.45) is 0 Å². The van der Waals surface area contributed by atoms with Crippen molar-refractivity contribution in [1.82, 2.24) is 4.72 Å². The number of hydrogen-bond donors (Lipinski definition) is 1. The molecule has 0 unspecified atom stereocenters. The largest absolute Gasteiger partial charge is 0.493 e. The van der Waals surface area contributed by atoms with Crippen LogP contribution in [0.1, 0.15) is 11.1 Å². The fourth-order valence-electron chi connectivity index (χ4n) is 2.41. The Kier molecular flexibility index (Phi) is 5.80. The summed E-state index contributed by atoms with van der Waals surface area (Å²) in [7, 11) is -0.713. The van der Waals surface area contributed by atoms with E-state index < -0.39 is 15.8 Å². The van der Waals surface area contributed by atoms with Gasteiger partial charge in [0.25, 0.3) is 0 Å². The molecule has 7 heteroatoms. The van der Waals surface area contributed by atoms with Crippen LogP contribution in [0.5, 0.6) is 11.5 Å². The number of halogens is 1. The van der Waals surface area contributed by atoms with Gasteiger partial charge in [0.05, 0.1) is 19.1 Å². The highest BCUT2D eigenvalue weighted by Gasteiger charge is 2.18. The lowest BCUT2D eigenvalue weighted by Gasteiger charge is -2.13. The molecule has 0 atom stereocenters. The Morgan fingerprint density at radius 1 is 1.12 bits per heavy atom. The van der Waals surface area contributed by atoms with Gasteiger partial charge in [-0.05, 0) is 42.7 Å². The smallest absolute Gasteiger partial charge is 0.240 e. The Balaban J connectivity index is 2.13. The van der Waals surface area contributed by atoms with E-state index in [1.165, 1.54) is 26.4 Å². The van der Waals surface area contributed by atoms with E-state index >= 15 is 0 Å². The van der Waals surface area contributed by atoms with Crippen LogP contribution in [0.15, 0.2) is 41.3 Å². The van der Waals surface area contributed by atoms with Gasteiger partial charge in [-0.3, -0.25) is 0 Å². The third-order valence-corrected chi connectivity index (χ3v) is 5.21. The summed E-state index contributed by atoms with van der Waals surface area (Å²) in [6, 6.07) is 9.10. The summed E-state index contributed by atoms with van der Waals surface area (Å²) in [5.74, 6) is 0.565. The monoisotopic (exact) mass is 353 g/mol. The molecule has 5 nitrogen and oxygen atoms in total. The van der Waals surface area contributed by atoms with Crippen LogP contribution in [0, 0.1) is 12.7 Å². The summed E-state index contributed by atoms with van der Waals surface area (Å²) < 4.78 is 51.0. The van der Waals surface area contributed by atoms with E-state index in [0.717, 1.165) is 11.6 Å². The molecular weight excluding hydrogens is 333 g/mol. The number of para-hydroxylation sites is 1. The van der Waals surface area contributed by atoms with Crippen LogP contribution >= 0.6 is 0 Å². The summed E-state index contributed by atoms with van der Waals surface area (Å²) in [6.07, 6.45) is 0.411. The second kappa shape index (κ2) is 7.63. The average Bonchev–Trinajstić information content (AvgIpc) is 2.56. The van der Waals surface area contributed by atoms with Gasteiger partial charge in [-0.1, -0.05) is 18.2 Å². The standard InChI is InChI=1S/C17H20FNO4S/c1-12-7-8-14(18)11-16(12)24(20,21)19-10-9-13-5-4-6-15(22-2)17(13)23-3/h4-8,11,19H,9-10H2,1-3H3. The van der Waals surface area contributed by atoms with Gasteiger partial charge < -0.3 is 9.47 Å². The molecule has 0 aliphatic heterocycles. The lowest BCUT2D eigenvalue weighted by atomic mass is 10.1. The molecule has 2 aromatic carbocycles. The van der Waals surface area contributed by atoms with E-state index in [0.29, 0.717) is 23.5 Å². The first-order valence-corrected chi connectivity index (χ1v) is 8.83. The summed E-state index contributed by atoms with van der Waals surface area (Å²) in [5.41, 5.74) is 1.30. The maximum atomic E-state index is 13.3. The highest BCUT2D eigenvalue weighted by Crippen LogP contribution is 2.30. The molecule has 0 saturated heterocycles. The van der Waals surface area contributed by atoms with Crippen LogP contribution < -0.4 is 14.2 Å². The Bertz CT molecular complexity index is 821. The molecule has 130 valence electrons. The second-order valence-corrected chi connectivity index (χ2v) is 6.95. The first kappa shape index (κ1) is 18.2. The number of nitrogens with one attached hydrogen (secondary N) is 1. The van der Waals surface area contributed by atoms with Gasteiger partial charge >= 0.3 is 0 Å². The Labute approximate surface area is 141 Å². The van der Waals surface area contributed by atoms with Crippen molar-refractivity contribution in [2.75, 3.05) is 20.8 Å². The van der Waals surface area contributed by atoms with E-state index in [4.69, 9.17) is 9.47 Å². The molecule has 0 aromatic heterocycles. The Hall–Kier alpha value is -2.12. The zero-order chi connectivity index (χ0) is 17.7. The Morgan fingerprint density at radius 3 is 2.54 bits per heavy atom. The number of aryl methyl sites for hydroxylation is 1. The van der Waals surface area contributed by atoms with Gasteiger partial charge in [0.2, 0.25) is 10.0 Å². The first-order valence-electron chi connectivity index (χ1n) is 7.34. The van der Waals surface area contributed by atoms with Crippen molar-refractivity contribution in [3.63, 3.8) is 0 Å². The summed E-state index contributed by atoms with van der Waals surface area (Å²) in [5, 5.41) is 0. The molecule has 0 saturated carbocycles. The van der Waals surface area contributed by atoms with Gasteiger partial charge in [0.15, 0.2) is 11.5 Å². The van der Waals surface area contributed by atoms with Crippen molar-refractivity contribution < 1.29 is 22.3 Å². The van der Waals surface area contributed by atoms with Crippen molar-refractivity contribution in [3.05, 3.63) is 53.3 Å². The fraction of sp³-hybridized carbons (Fsp3) is 0.294. The molecule has 0 radical (unpaired) electrons. The third-order valence-electron chi connectivity index (χ3n) is 3.61. The minimum Gasteiger partial charge on any atom is -0.493 e. The van der Waals surface area contributed by atoms with Gasteiger partial charge in [0, 0.05) is 6.54 Å². The molecule has 24 heavy (non-hydrogen) atoms. The van der Waals surface area contributed by atoms with E-state index in [1.54, 1.807) is 13.0 Å². The van der Waals surface area contributed by atoms with Gasteiger partial charge in [-0.25, -0.2) is 17.5 Å². The van der Waals surface area contributed by atoms with Gasteiger partial charge in [0.1, 0.15) is 5.82 Å². The van der Waals surface area contributed by atoms with Crippen molar-refractivity contribution in [1.29, 1.82) is 0 Å². The minimum atomic E-state index is -3.78. The highest BCUT2D eigenvalue weighted by atomic mass is 32.2. The predicted octanol–water partition coefficient (Wildman–Crippen LogP) is 2.67. The average molecular weight is 353 g/mol. The summed E-state index contributed by atoms with van der Waals surface area (Å²) in [6.45, 7) is 1.78. The number of hydrogen-bond acceptors (Lipinski definition) is 4. The SMILES string of the molecule is COc1cccc(CCNS(=O)(=O)c2cc(F)ccc2C)c1OC. The van der Waals surface area contributed by atoms with Crippen LogP contribution in [0.4, 0.5) is 4.39 Å². The lowest BCUT2D eigenvalue weighted by molar-refractivity contribution is 0.351. The lowest BCUT2D eigenvalue weighted by Crippen LogP contribution is -2.26. The third kappa shape index (κ3) is 4.04. The predicted molar refractivity (Wildman–Crippen MR) is 89.6 cm³/mol. The van der Waals surface area contributed by atoms with E-state index in [-0.39, 0.29) is 11.4 Å². The van der Waals surface area contributed by atoms with Crippen LogP contribution in [-0.4, -0.2) is 29.2 Å². The molecule has 2 aromatic rings. The molecule has 0 aliphatic rings. The highest BCUT2D eigenvalue weighted by molar-refractivity contribution is 7.89. The molecule has 0 bridgehead atoms. The number of benzene rings is 2. The molecule has 0 amide bonds. The molecular formula is C17H20FNO4S. The number of ether oxygens (including phenoxy) is 2. The van der Waals surface area contributed by atoms with Crippen LogP contribution in [0.25, 0.3) is 0 Å². The maximum Gasteiger partial charge on any atom is 0.240 e. The quantitative estimate of drug-likeness (QED) is 0.831. The van der Waals surface area contributed by atoms with E-state index in [9.17, 15) is 12.8 Å². The van der Waals surface area contributed by atoms with Crippen molar-refractivity contribution in [2.45, 2.75) is 18.2 Å². The van der Waals surface area contributed by atoms with Crippen molar-refractivity contribution in [3.8, 4) is 11.5 Å². The molecule has 2 rings (SSSR count). The number of rotatable bonds is 7. The molecule has 0 fully saturated rings. The maximum absolute atomic E-state index is 13.3. The van der Waals surface area contributed by atoms with E-state index in [2.05, 4.69) is 4.72 Å². The normalized spacial score (nSPS) is 11.3. The first-order chi connectivity index (χ1) is 11.4. The zero-order valence-electron chi connectivity index (χ0n) is 13.8. The molecule has 1 N–H and O–H groups in total. The second-order valence-electron chi connectivity index (χ2n) is 5.21. The summed E-state index contributed by atoms with van der Waals surface area (Å²) in [4.78, 5) is -0.0555. The van der Waals surface area contributed by atoms with E-state index in [1.807, 2.05) is 12.1 Å².